The summed E-state index contributed by atoms with van der Waals surface area (Å²) in [6.45, 7) is 5.73. The number of aryl methyl sites for hydroxylation is 1. The zero-order valence-corrected chi connectivity index (χ0v) is 19.0. The summed E-state index contributed by atoms with van der Waals surface area (Å²) in [5.41, 5.74) is 0.554. The molecule has 2 amide bonds. The van der Waals surface area contributed by atoms with E-state index in [-0.39, 0.29) is 29.8 Å². The van der Waals surface area contributed by atoms with Gasteiger partial charge in [0.2, 0.25) is 21.8 Å². The van der Waals surface area contributed by atoms with Gasteiger partial charge in [-0.05, 0) is 38.0 Å². The van der Waals surface area contributed by atoms with E-state index < -0.39 is 15.6 Å². The predicted octanol–water partition coefficient (Wildman–Crippen LogP) is 2.31. The Morgan fingerprint density at radius 1 is 1.10 bits per heavy atom. The summed E-state index contributed by atoms with van der Waals surface area (Å²) in [6.07, 6.45) is 0.665. The van der Waals surface area contributed by atoms with Crippen LogP contribution in [0.2, 0.25) is 0 Å². The molecule has 1 aliphatic heterocycles. The Balaban J connectivity index is 1.88. The first-order valence-corrected chi connectivity index (χ1v) is 11.8. The third-order valence-electron chi connectivity index (χ3n) is 5.58. The van der Waals surface area contributed by atoms with E-state index in [4.69, 9.17) is 0 Å². The summed E-state index contributed by atoms with van der Waals surface area (Å²) in [5.74, 6) is -0.747. The van der Waals surface area contributed by atoms with Crippen LogP contribution in [0.5, 0.6) is 0 Å². The van der Waals surface area contributed by atoms with Gasteiger partial charge in [0.25, 0.3) is 0 Å². The van der Waals surface area contributed by atoms with E-state index in [0.29, 0.717) is 19.5 Å². The van der Waals surface area contributed by atoms with E-state index in [2.05, 4.69) is 5.32 Å². The monoisotopic (exact) mass is 443 g/mol. The van der Waals surface area contributed by atoms with Crippen molar-refractivity contribution in [2.75, 3.05) is 19.6 Å². The van der Waals surface area contributed by atoms with Crippen molar-refractivity contribution in [1.29, 1.82) is 0 Å². The first kappa shape index (κ1) is 23.0. The van der Waals surface area contributed by atoms with Gasteiger partial charge < -0.3 is 10.2 Å². The molecule has 1 atom stereocenters. The average Bonchev–Trinajstić information content (AvgIpc) is 2.75. The zero-order valence-electron chi connectivity index (χ0n) is 18.2. The van der Waals surface area contributed by atoms with E-state index in [9.17, 15) is 18.0 Å². The lowest BCUT2D eigenvalue weighted by Gasteiger charge is -2.46. The van der Waals surface area contributed by atoms with Gasteiger partial charge in [-0.2, -0.15) is 4.31 Å². The van der Waals surface area contributed by atoms with Crippen LogP contribution in [0.4, 0.5) is 0 Å². The number of sulfonamides is 1. The highest BCUT2D eigenvalue weighted by atomic mass is 32.2. The molecule has 1 saturated heterocycles. The molecule has 0 aliphatic carbocycles. The van der Waals surface area contributed by atoms with Gasteiger partial charge in [0.15, 0.2) is 0 Å². The van der Waals surface area contributed by atoms with Gasteiger partial charge in [-0.1, -0.05) is 55.0 Å². The number of benzene rings is 2. The molecule has 8 heteroatoms. The molecule has 0 radical (unpaired) electrons. The van der Waals surface area contributed by atoms with Crippen molar-refractivity contribution >= 4 is 21.8 Å². The molecule has 1 fully saturated rings. The standard InChI is InChI=1S/C23H29N3O4S/c1-4-14-26-21(27)16-25(31(29,30)20-12-10-18(2)11-13-20)17-23(26,3)22(28)24-15-19-8-6-5-7-9-19/h5-13H,4,14-17H2,1-3H3,(H,24,28)/t23-/m0/s1. The molecule has 3 rings (SSSR count). The number of hydrogen-bond acceptors (Lipinski definition) is 4. The first-order valence-electron chi connectivity index (χ1n) is 10.4. The van der Waals surface area contributed by atoms with E-state index in [1.807, 2.05) is 44.2 Å². The number of carbonyl (C=O) groups excluding carboxylic acids is 2. The lowest BCUT2D eigenvalue weighted by molar-refractivity contribution is -0.152. The fourth-order valence-electron chi connectivity index (χ4n) is 3.78. The van der Waals surface area contributed by atoms with Crippen molar-refractivity contribution in [2.45, 2.75) is 44.2 Å². The lowest BCUT2D eigenvalue weighted by atomic mass is 9.95. The van der Waals surface area contributed by atoms with Crippen molar-refractivity contribution in [3.05, 3.63) is 65.7 Å². The molecular weight excluding hydrogens is 414 g/mol. The second-order valence-corrected chi connectivity index (χ2v) is 10.0. The smallest absolute Gasteiger partial charge is 0.247 e. The second-order valence-electron chi connectivity index (χ2n) is 8.07. The van der Waals surface area contributed by atoms with Crippen LogP contribution in [0.3, 0.4) is 0 Å². The highest BCUT2D eigenvalue weighted by molar-refractivity contribution is 7.89. The van der Waals surface area contributed by atoms with Gasteiger partial charge in [0.05, 0.1) is 11.4 Å². The van der Waals surface area contributed by atoms with Crippen LogP contribution in [0.15, 0.2) is 59.5 Å². The molecule has 166 valence electrons. The van der Waals surface area contributed by atoms with Crippen molar-refractivity contribution in [1.82, 2.24) is 14.5 Å². The molecule has 1 N–H and O–H groups in total. The SMILES string of the molecule is CCCN1C(=O)CN(S(=O)(=O)c2ccc(C)cc2)C[C@@]1(C)C(=O)NCc1ccccc1. The second kappa shape index (κ2) is 9.20. The summed E-state index contributed by atoms with van der Waals surface area (Å²) in [5, 5.41) is 2.88. The molecule has 7 nitrogen and oxygen atoms in total. The van der Waals surface area contributed by atoms with Crippen molar-refractivity contribution in [2.24, 2.45) is 0 Å². The molecule has 0 unspecified atom stereocenters. The molecule has 0 bridgehead atoms. The minimum absolute atomic E-state index is 0.102. The fourth-order valence-corrected chi connectivity index (χ4v) is 5.26. The number of hydrogen-bond donors (Lipinski definition) is 1. The highest BCUT2D eigenvalue weighted by Crippen LogP contribution is 2.28. The maximum Gasteiger partial charge on any atom is 0.247 e. The minimum Gasteiger partial charge on any atom is -0.350 e. The quantitative estimate of drug-likeness (QED) is 0.712. The zero-order chi connectivity index (χ0) is 22.6. The van der Waals surface area contributed by atoms with Crippen molar-refractivity contribution in [3.63, 3.8) is 0 Å². The average molecular weight is 444 g/mol. The Morgan fingerprint density at radius 3 is 2.35 bits per heavy atom. The molecule has 0 aromatic heterocycles. The van der Waals surface area contributed by atoms with Crippen LogP contribution in [-0.4, -0.2) is 54.6 Å². The van der Waals surface area contributed by atoms with E-state index in [0.717, 1.165) is 15.4 Å². The maximum absolute atomic E-state index is 13.3. The Hall–Kier alpha value is -2.71. The lowest BCUT2D eigenvalue weighted by Crippen LogP contribution is -2.69. The van der Waals surface area contributed by atoms with Gasteiger partial charge in [0.1, 0.15) is 5.54 Å². The Kier molecular flexibility index (Phi) is 6.81. The Bertz CT molecular complexity index is 1040. The molecule has 1 heterocycles. The molecule has 0 saturated carbocycles. The van der Waals surface area contributed by atoms with E-state index in [1.165, 1.54) is 17.0 Å². The van der Waals surface area contributed by atoms with Crippen LogP contribution >= 0.6 is 0 Å². The van der Waals surface area contributed by atoms with Gasteiger partial charge >= 0.3 is 0 Å². The van der Waals surface area contributed by atoms with Gasteiger partial charge in [-0.3, -0.25) is 9.59 Å². The molecule has 0 spiro atoms. The van der Waals surface area contributed by atoms with E-state index >= 15 is 0 Å². The number of rotatable bonds is 7. The molecular formula is C23H29N3O4S. The van der Waals surface area contributed by atoms with Gasteiger partial charge in [-0.25, -0.2) is 8.42 Å². The van der Waals surface area contributed by atoms with Crippen LogP contribution in [-0.2, 0) is 26.2 Å². The number of nitrogens with zero attached hydrogens (tertiary/aromatic N) is 2. The fraction of sp³-hybridized carbons (Fsp3) is 0.391. The third-order valence-corrected chi connectivity index (χ3v) is 7.39. The van der Waals surface area contributed by atoms with Gasteiger partial charge in [-0.15, -0.1) is 0 Å². The first-order chi connectivity index (χ1) is 14.7. The largest absolute Gasteiger partial charge is 0.350 e. The molecule has 2 aromatic rings. The summed E-state index contributed by atoms with van der Waals surface area (Å²) in [7, 11) is -3.92. The van der Waals surface area contributed by atoms with Crippen LogP contribution in [0, 0.1) is 6.92 Å². The van der Waals surface area contributed by atoms with Crippen LogP contribution in [0.1, 0.15) is 31.4 Å². The van der Waals surface area contributed by atoms with E-state index in [1.54, 1.807) is 19.1 Å². The molecule has 1 aliphatic rings. The summed E-state index contributed by atoms with van der Waals surface area (Å²) >= 11 is 0. The molecule has 2 aromatic carbocycles. The molecule has 31 heavy (non-hydrogen) atoms. The van der Waals surface area contributed by atoms with Crippen molar-refractivity contribution < 1.29 is 18.0 Å². The normalized spacial score (nSPS) is 20.0. The highest BCUT2D eigenvalue weighted by Gasteiger charge is 2.49. The van der Waals surface area contributed by atoms with Gasteiger partial charge in [0, 0.05) is 19.6 Å². The van der Waals surface area contributed by atoms with Crippen LogP contribution in [0.25, 0.3) is 0 Å². The third kappa shape index (κ3) is 4.80. The minimum atomic E-state index is -3.92. The van der Waals surface area contributed by atoms with Crippen LogP contribution < -0.4 is 5.32 Å². The summed E-state index contributed by atoms with van der Waals surface area (Å²) in [4.78, 5) is 27.8. The van der Waals surface area contributed by atoms with Crippen molar-refractivity contribution in [3.8, 4) is 0 Å². The Morgan fingerprint density at radius 2 is 1.74 bits per heavy atom. The summed E-state index contributed by atoms with van der Waals surface area (Å²) in [6, 6.07) is 15.9. The Labute approximate surface area is 184 Å². The number of nitrogens with one attached hydrogen (secondary N) is 1. The predicted molar refractivity (Wildman–Crippen MR) is 119 cm³/mol. The number of amides is 2. The topological polar surface area (TPSA) is 86.8 Å². The maximum atomic E-state index is 13.3. The number of carbonyl (C=O) groups is 2. The summed E-state index contributed by atoms with van der Waals surface area (Å²) < 4.78 is 27.6. The number of piperazine rings is 1.